The molecular formula is C17H34N3S+. The van der Waals surface area contributed by atoms with E-state index in [1.807, 2.05) is 0 Å². The van der Waals surface area contributed by atoms with Crippen molar-refractivity contribution < 1.29 is 4.57 Å². The summed E-state index contributed by atoms with van der Waals surface area (Å²) in [4.78, 5) is 0. The predicted octanol–water partition coefficient (Wildman–Crippen LogP) is 3.57. The van der Waals surface area contributed by atoms with Gasteiger partial charge in [-0.2, -0.15) is 12.6 Å². The van der Waals surface area contributed by atoms with Crippen LogP contribution in [-0.2, 0) is 13.1 Å². The van der Waals surface area contributed by atoms with Crippen molar-refractivity contribution >= 4 is 12.6 Å². The van der Waals surface area contributed by atoms with E-state index in [2.05, 4.69) is 40.5 Å². The first-order chi connectivity index (χ1) is 10.4. The standard InChI is InChI=1S/C17H33N3S/c18-11-9-7-5-3-1-2-4-6-8-10-12-19-13-14-20(17-19)15-16-21/h13-14,17H,1-12,15-16,18H2/p+1. The Hall–Kier alpha value is -0.480. The van der Waals surface area contributed by atoms with Crippen molar-refractivity contribution in [3.8, 4) is 0 Å². The van der Waals surface area contributed by atoms with Gasteiger partial charge >= 0.3 is 0 Å². The Kier molecular flexibility index (Phi) is 11.7. The van der Waals surface area contributed by atoms with Crippen molar-refractivity contribution in [2.24, 2.45) is 5.73 Å². The zero-order valence-electron chi connectivity index (χ0n) is 13.6. The highest BCUT2D eigenvalue weighted by atomic mass is 32.1. The Morgan fingerprint density at radius 3 is 2.00 bits per heavy atom. The van der Waals surface area contributed by atoms with E-state index in [4.69, 9.17) is 5.73 Å². The maximum Gasteiger partial charge on any atom is 0.243 e. The summed E-state index contributed by atoms with van der Waals surface area (Å²) >= 11 is 4.26. The smallest absolute Gasteiger partial charge is 0.243 e. The molecule has 0 atom stereocenters. The van der Waals surface area contributed by atoms with Crippen LogP contribution in [0.1, 0.15) is 64.2 Å². The third kappa shape index (κ3) is 9.97. The van der Waals surface area contributed by atoms with Crippen LogP contribution in [0.4, 0.5) is 0 Å². The summed E-state index contributed by atoms with van der Waals surface area (Å²) in [6.07, 6.45) is 20.1. The summed E-state index contributed by atoms with van der Waals surface area (Å²) in [6, 6.07) is 0. The number of aryl methyl sites for hydroxylation is 2. The highest BCUT2D eigenvalue weighted by Gasteiger charge is 2.02. The van der Waals surface area contributed by atoms with Crippen LogP contribution in [0.3, 0.4) is 0 Å². The van der Waals surface area contributed by atoms with Gasteiger partial charge in [0, 0.05) is 5.75 Å². The fourth-order valence-electron chi connectivity index (χ4n) is 2.67. The van der Waals surface area contributed by atoms with E-state index in [0.29, 0.717) is 0 Å². The first-order valence-corrected chi connectivity index (χ1v) is 9.36. The monoisotopic (exact) mass is 312 g/mol. The van der Waals surface area contributed by atoms with Crippen molar-refractivity contribution in [1.29, 1.82) is 0 Å². The maximum absolute atomic E-state index is 5.49. The van der Waals surface area contributed by atoms with E-state index in [-0.39, 0.29) is 0 Å². The molecule has 0 bridgehead atoms. The first-order valence-electron chi connectivity index (χ1n) is 8.72. The molecule has 1 aromatic heterocycles. The van der Waals surface area contributed by atoms with Crippen LogP contribution >= 0.6 is 12.6 Å². The highest BCUT2D eigenvalue weighted by molar-refractivity contribution is 7.80. The predicted molar refractivity (Wildman–Crippen MR) is 93.7 cm³/mol. The molecule has 0 aliphatic heterocycles. The summed E-state index contributed by atoms with van der Waals surface area (Å²) < 4.78 is 4.50. The number of nitrogens with two attached hydrogens (primary N) is 1. The molecule has 2 N–H and O–H groups in total. The second-order valence-electron chi connectivity index (χ2n) is 5.94. The molecule has 0 aliphatic carbocycles. The fraction of sp³-hybridized carbons (Fsp3) is 0.824. The minimum Gasteiger partial charge on any atom is -0.330 e. The number of unbranched alkanes of at least 4 members (excludes halogenated alkanes) is 9. The van der Waals surface area contributed by atoms with Gasteiger partial charge in [0.2, 0.25) is 6.33 Å². The molecule has 4 heteroatoms. The van der Waals surface area contributed by atoms with Crippen LogP contribution in [-0.4, -0.2) is 16.9 Å². The zero-order valence-corrected chi connectivity index (χ0v) is 14.4. The minimum absolute atomic E-state index is 0.857. The fourth-order valence-corrected chi connectivity index (χ4v) is 2.90. The average molecular weight is 313 g/mol. The molecule has 0 aliphatic rings. The van der Waals surface area contributed by atoms with Crippen molar-refractivity contribution in [2.45, 2.75) is 77.3 Å². The number of hydrogen-bond donors (Lipinski definition) is 2. The van der Waals surface area contributed by atoms with Crippen LogP contribution in [0.5, 0.6) is 0 Å². The molecule has 0 saturated heterocycles. The molecule has 1 aromatic rings. The number of imidazole rings is 1. The quantitative estimate of drug-likeness (QED) is 0.307. The number of rotatable bonds is 14. The number of aromatic nitrogens is 2. The summed E-state index contributed by atoms with van der Waals surface area (Å²) in [7, 11) is 0. The lowest BCUT2D eigenvalue weighted by molar-refractivity contribution is -0.696. The van der Waals surface area contributed by atoms with Crippen molar-refractivity contribution in [3.05, 3.63) is 18.7 Å². The lowest BCUT2D eigenvalue weighted by atomic mass is 10.1. The van der Waals surface area contributed by atoms with E-state index >= 15 is 0 Å². The van der Waals surface area contributed by atoms with E-state index in [0.717, 1.165) is 25.4 Å². The van der Waals surface area contributed by atoms with Crippen LogP contribution in [0.15, 0.2) is 18.7 Å². The zero-order chi connectivity index (χ0) is 15.2. The third-order valence-electron chi connectivity index (χ3n) is 3.97. The third-order valence-corrected chi connectivity index (χ3v) is 4.17. The number of thiol groups is 1. The van der Waals surface area contributed by atoms with Gasteiger partial charge in [0.05, 0.1) is 13.1 Å². The van der Waals surface area contributed by atoms with Crippen molar-refractivity contribution in [2.75, 3.05) is 12.3 Å². The molecule has 0 saturated carbocycles. The Labute approximate surface area is 136 Å². The van der Waals surface area contributed by atoms with Gasteiger partial charge in [-0.05, 0) is 25.8 Å². The Morgan fingerprint density at radius 2 is 1.43 bits per heavy atom. The number of hydrogen-bond acceptors (Lipinski definition) is 2. The number of nitrogens with zero attached hydrogens (tertiary/aromatic N) is 2. The largest absolute Gasteiger partial charge is 0.330 e. The molecule has 21 heavy (non-hydrogen) atoms. The average Bonchev–Trinajstić information content (AvgIpc) is 2.93. The molecule has 0 radical (unpaired) electrons. The van der Waals surface area contributed by atoms with Crippen LogP contribution in [0.2, 0.25) is 0 Å². The highest BCUT2D eigenvalue weighted by Crippen LogP contribution is 2.10. The maximum atomic E-state index is 5.49. The normalized spacial score (nSPS) is 11.1. The lowest BCUT2D eigenvalue weighted by Gasteiger charge is -2.02. The Bertz CT molecular complexity index is 339. The molecule has 0 unspecified atom stereocenters. The SMILES string of the molecule is NCCCCCCCCCCCC[n+]1ccn(CCS)c1. The summed E-state index contributed by atoms with van der Waals surface area (Å²) in [5, 5.41) is 0. The van der Waals surface area contributed by atoms with Crippen LogP contribution in [0, 0.1) is 0 Å². The van der Waals surface area contributed by atoms with E-state index in [9.17, 15) is 0 Å². The second-order valence-corrected chi connectivity index (χ2v) is 6.38. The van der Waals surface area contributed by atoms with Gasteiger partial charge in [-0.1, -0.05) is 44.9 Å². The first kappa shape index (κ1) is 18.6. The van der Waals surface area contributed by atoms with Gasteiger partial charge < -0.3 is 5.73 Å². The van der Waals surface area contributed by atoms with Gasteiger partial charge in [0.1, 0.15) is 12.4 Å². The second kappa shape index (κ2) is 13.2. The van der Waals surface area contributed by atoms with Crippen molar-refractivity contribution in [1.82, 2.24) is 4.57 Å². The van der Waals surface area contributed by atoms with E-state index < -0.39 is 0 Å². The van der Waals surface area contributed by atoms with E-state index in [1.54, 1.807) is 0 Å². The van der Waals surface area contributed by atoms with Crippen LogP contribution < -0.4 is 10.3 Å². The molecule has 3 nitrogen and oxygen atoms in total. The molecule has 0 fully saturated rings. The topological polar surface area (TPSA) is 34.8 Å². The van der Waals surface area contributed by atoms with Gasteiger partial charge in [-0.3, -0.25) is 0 Å². The molecule has 0 aromatic carbocycles. The molecule has 0 amide bonds. The molecular weight excluding hydrogens is 278 g/mol. The summed E-state index contributed by atoms with van der Waals surface area (Å²) in [5.74, 6) is 0.904. The van der Waals surface area contributed by atoms with Crippen LogP contribution in [0.25, 0.3) is 0 Å². The van der Waals surface area contributed by atoms with Crippen molar-refractivity contribution in [3.63, 3.8) is 0 Å². The van der Waals surface area contributed by atoms with Gasteiger partial charge in [-0.25, -0.2) is 9.13 Å². The van der Waals surface area contributed by atoms with Gasteiger partial charge in [-0.15, -0.1) is 0 Å². The van der Waals surface area contributed by atoms with Gasteiger partial charge in [0.15, 0.2) is 0 Å². The van der Waals surface area contributed by atoms with E-state index in [1.165, 1.54) is 64.2 Å². The Morgan fingerprint density at radius 1 is 0.857 bits per heavy atom. The molecule has 1 rings (SSSR count). The molecule has 122 valence electrons. The minimum atomic E-state index is 0.857. The molecule has 0 spiro atoms. The van der Waals surface area contributed by atoms with Gasteiger partial charge in [0.25, 0.3) is 0 Å². The summed E-state index contributed by atoms with van der Waals surface area (Å²) in [5.41, 5.74) is 5.49. The molecule has 1 heterocycles. The summed E-state index contributed by atoms with van der Waals surface area (Å²) in [6.45, 7) is 3.01. The lowest BCUT2D eigenvalue weighted by Crippen LogP contribution is -2.30. The Balaban J connectivity index is 1.86.